The molecule has 2 rings (SSSR count). The summed E-state index contributed by atoms with van der Waals surface area (Å²) < 4.78 is 6.45. The molecule has 3 nitrogen and oxygen atoms in total. The number of rotatable bonds is 4. The summed E-state index contributed by atoms with van der Waals surface area (Å²) >= 11 is 3.33. The van der Waals surface area contributed by atoms with Crippen molar-refractivity contribution in [2.75, 3.05) is 19.7 Å². The fourth-order valence-electron chi connectivity index (χ4n) is 1.97. The van der Waals surface area contributed by atoms with E-state index in [1.165, 1.54) is 12.8 Å². The molecule has 0 bridgehead atoms. The van der Waals surface area contributed by atoms with Gasteiger partial charge in [-0.1, -0.05) is 6.07 Å². The van der Waals surface area contributed by atoms with Gasteiger partial charge in [0.15, 0.2) is 0 Å². The second kappa shape index (κ2) is 6.21. The Morgan fingerprint density at radius 3 is 2.94 bits per heavy atom. The first-order valence-corrected chi connectivity index (χ1v) is 6.60. The first-order chi connectivity index (χ1) is 7.84. The molecule has 0 amide bonds. The monoisotopic (exact) mass is 284 g/mol. The highest BCUT2D eigenvalue weighted by Gasteiger charge is 2.12. The molecular weight excluding hydrogens is 268 g/mol. The smallest absolute Gasteiger partial charge is 0.214 e. The van der Waals surface area contributed by atoms with Crippen LogP contribution in [-0.4, -0.2) is 24.7 Å². The van der Waals surface area contributed by atoms with E-state index in [1.54, 1.807) is 0 Å². The maximum Gasteiger partial charge on any atom is 0.214 e. The van der Waals surface area contributed by atoms with Crippen molar-refractivity contribution in [1.29, 1.82) is 0 Å². The molecule has 0 saturated carbocycles. The maximum atomic E-state index is 5.63. The van der Waals surface area contributed by atoms with Gasteiger partial charge in [0, 0.05) is 6.07 Å². The van der Waals surface area contributed by atoms with Crippen molar-refractivity contribution in [3.8, 4) is 5.88 Å². The lowest BCUT2D eigenvalue weighted by Crippen LogP contribution is -2.28. The van der Waals surface area contributed by atoms with Crippen LogP contribution in [-0.2, 0) is 0 Å². The van der Waals surface area contributed by atoms with Gasteiger partial charge in [0.25, 0.3) is 0 Å². The largest absolute Gasteiger partial charge is 0.478 e. The Hall–Kier alpha value is -0.610. The Bertz CT molecular complexity index is 327. The third-order valence-corrected chi connectivity index (χ3v) is 3.37. The average molecular weight is 285 g/mol. The van der Waals surface area contributed by atoms with Gasteiger partial charge in [0.1, 0.15) is 4.60 Å². The van der Waals surface area contributed by atoms with E-state index in [0.29, 0.717) is 5.88 Å². The Kier molecular flexibility index (Phi) is 4.60. The van der Waals surface area contributed by atoms with Crippen LogP contribution in [0.4, 0.5) is 0 Å². The summed E-state index contributed by atoms with van der Waals surface area (Å²) in [5.74, 6) is 1.52. The van der Waals surface area contributed by atoms with Crippen LogP contribution in [0, 0.1) is 5.92 Å². The van der Waals surface area contributed by atoms with E-state index in [-0.39, 0.29) is 0 Å². The SMILES string of the molecule is Brc1cccc(OCCC2CCNCC2)n1. The molecule has 4 heteroatoms. The average Bonchev–Trinajstić information content (AvgIpc) is 2.30. The number of piperidine rings is 1. The number of nitrogens with one attached hydrogen (secondary N) is 1. The molecule has 1 aromatic rings. The summed E-state index contributed by atoms with van der Waals surface area (Å²) in [5.41, 5.74) is 0. The molecule has 1 aromatic heterocycles. The summed E-state index contributed by atoms with van der Waals surface area (Å²) in [5, 5.41) is 3.37. The highest BCUT2D eigenvalue weighted by Crippen LogP contribution is 2.17. The quantitative estimate of drug-likeness (QED) is 0.863. The molecule has 1 aliphatic rings. The van der Waals surface area contributed by atoms with Crippen molar-refractivity contribution in [3.63, 3.8) is 0 Å². The summed E-state index contributed by atoms with van der Waals surface area (Å²) in [4.78, 5) is 4.24. The number of hydrogen-bond acceptors (Lipinski definition) is 3. The minimum Gasteiger partial charge on any atom is -0.478 e. The van der Waals surface area contributed by atoms with Crippen LogP contribution in [0.1, 0.15) is 19.3 Å². The molecule has 1 fully saturated rings. The summed E-state index contributed by atoms with van der Waals surface area (Å²) in [6, 6.07) is 5.74. The second-order valence-electron chi connectivity index (χ2n) is 4.13. The van der Waals surface area contributed by atoms with Crippen molar-refractivity contribution in [2.45, 2.75) is 19.3 Å². The van der Waals surface area contributed by atoms with Gasteiger partial charge in [-0.15, -0.1) is 0 Å². The lowest BCUT2D eigenvalue weighted by atomic mass is 9.95. The Morgan fingerprint density at radius 1 is 1.38 bits per heavy atom. The molecule has 0 spiro atoms. The minimum absolute atomic E-state index is 0.711. The molecule has 0 atom stereocenters. The first-order valence-electron chi connectivity index (χ1n) is 5.80. The van der Waals surface area contributed by atoms with Gasteiger partial charge in [-0.2, -0.15) is 0 Å². The van der Waals surface area contributed by atoms with E-state index < -0.39 is 0 Å². The van der Waals surface area contributed by atoms with Crippen molar-refractivity contribution in [2.24, 2.45) is 5.92 Å². The third kappa shape index (κ3) is 3.76. The van der Waals surface area contributed by atoms with E-state index in [9.17, 15) is 0 Å². The highest BCUT2D eigenvalue weighted by atomic mass is 79.9. The topological polar surface area (TPSA) is 34.1 Å². The number of ether oxygens (including phenoxy) is 1. The van der Waals surface area contributed by atoms with E-state index >= 15 is 0 Å². The molecule has 2 heterocycles. The van der Waals surface area contributed by atoms with Crippen molar-refractivity contribution in [3.05, 3.63) is 22.8 Å². The molecule has 1 N–H and O–H groups in total. The summed E-state index contributed by atoms with van der Waals surface area (Å²) in [6.45, 7) is 3.08. The van der Waals surface area contributed by atoms with E-state index in [0.717, 1.165) is 36.6 Å². The zero-order chi connectivity index (χ0) is 11.2. The molecule has 0 aromatic carbocycles. The fourth-order valence-corrected chi connectivity index (χ4v) is 2.30. The zero-order valence-corrected chi connectivity index (χ0v) is 10.9. The predicted molar refractivity (Wildman–Crippen MR) is 67.6 cm³/mol. The van der Waals surface area contributed by atoms with Crippen LogP contribution in [0.5, 0.6) is 5.88 Å². The molecule has 0 unspecified atom stereocenters. The van der Waals surface area contributed by atoms with Crippen molar-refractivity contribution >= 4 is 15.9 Å². The normalized spacial score (nSPS) is 17.3. The number of pyridine rings is 1. The van der Waals surface area contributed by atoms with E-state index in [4.69, 9.17) is 4.74 Å². The minimum atomic E-state index is 0.711. The Balaban J connectivity index is 1.71. The van der Waals surface area contributed by atoms with Gasteiger partial charge >= 0.3 is 0 Å². The lowest BCUT2D eigenvalue weighted by molar-refractivity contribution is 0.245. The van der Waals surface area contributed by atoms with Crippen LogP contribution < -0.4 is 10.1 Å². The van der Waals surface area contributed by atoms with Gasteiger partial charge in [-0.05, 0) is 60.3 Å². The molecule has 0 radical (unpaired) electrons. The molecule has 1 saturated heterocycles. The zero-order valence-electron chi connectivity index (χ0n) is 9.29. The van der Waals surface area contributed by atoms with Gasteiger partial charge in [0.2, 0.25) is 5.88 Å². The van der Waals surface area contributed by atoms with Crippen LogP contribution in [0.25, 0.3) is 0 Å². The first kappa shape index (κ1) is 11.9. The molecule has 1 aliphatic heterocycles. The van der Waals surface area contributed by atoms with E-state index in [1.807, 2.05) is 18.2 Å². The number of hydrogen-bond donors (Lipinski definition) is 1. The molecular formula is C12H17BrN2O. The summed E-state index contributed by atoms with van der Waals surface area (Å²) in [6.07, 6.45) is 3.68. The lowest BCUT2D eigenvalue weighted by Gasteiger charge is -2.22. The second-order valence-corrected chi connectivity index (χ2v) is 4.94. The maximum absolute atomic E-state index is 5.63. The Labute approximate surface area is 105 Å². The highest BCUT2D eigenvalue weighted by molar-refractivity contribution is 9.10. The predicted octanol–water partition coefficient (Wildman–Crippen LogP) is 2.61. The standard InChI is InChI=1S/C12H17BrN2O/c13-11-2-1-3-12(15-11)16-9-6-10-4-7-14-8-5-10/h1-3,10,14H,4-9H2. The van der Waals surface area contributed by atoms with Crippen molar-refractivity contribution in [1.82, 2.24) is 10.3 Å². The number of aromatic nitrogens is 1. The molecule has 16 heavy (non-hydrogen) atoms. The fraction of sp³-hybridized carbons (Fsp3) is 0.583. The third-order valence-electron chi connectivity index (χ3n) is 2.92. The van der Waals surface area contributed by atoms with Gasteiger partial charge < -0.3 is 10.1 Å². The summed E-state index contributed by atoms with van der Waals surface area (Å²) in [7, 11) is 0. The van der Waals surface area contributed by atoms with Gasteiger partial charge in [0.05, 0.1) is 6.61 Å². The number of halogens is 1. The van der Waals surface area contributed by atoms with Crippen LogP contribution in [0.2, 0.25) is 0 Å². The molecule has 0 aliphatic carbocycles. The van der Waals surface area contributed by atoms with Crippen LogP contribution >= 0.6 is 15.9 Å². The van der Waals surface area contributed by atoms with Crippen LogP contribution in [0.3, 0.4) is 0 Å². The van der Waals surface area contributed by atoms with Crippen LogP contribution in [0.15, 0.2) is 22.8 Å². The van der Waals surface area contributed by atoms with E-state index in [2.05, 4.69) is 26.2 Å². The van der Waals surface area contributed by atoms with Crippen molar-refractivity contribution < 1.29 is 4.74 Å². The number of nitrogens with zero attached hydrogens (tertiary/aromatic N) is 1. The van der Waals surface area contributed by atoms with Gasteiger partial charge in [-0.3, -0.25) is 0 Å². The molecule has 88 valence electrons. The Morgan fingerprint density at radius 2 is 2.19 bits per heavy atom. The van der Waals surface area contributed by atoms with Gasteiger partial charge in [-0.25, -0.2) is 4.98 Å².